The first-order valence-electron chi connectivity index (χ1n) is 12.0. The van der Waals surface area contributed by atoms with Crippen LogP contribution in [-0.4, -0.2) is 44.3 Å². The molecule has 36 heavy (non-hydrogen) atoms. The summed E-state index contributed by atoms with van der Waals surface area (Å²) >= 11 is 0. The van der Waals surface area contributed by atoms with Gasteiger partial charge in [-0.15, -0.1) is 0 Å². The third-order valence-corrected chi connectivity index (χ3v) is 6.42. The second-order valence-corrected chi connectivity index (χ2v) is 8.91. The van der Waals surface area contributed by atoms with Crippen molar-refractivity contribution in [3.63, 3.8) is 0 Å². The molecule has 2 aromatic carbocycles. The number of fused-ring (bicyclic) bond motifs is 1. The summed E-state index contributed by atoms with van der Waals surface area (Å²) < 4.78 is 7.14. The molecule has 8 nitrogen and oxygen atoms in total. The van der Waals surface area contributed by atoms with Crippen LogP contribution in [0.15, 0.2) is 72.9 Å². The zero-order valence-electron chi connectivity index (χ0n) is 20.2. The average Bonchev–Trinajstić information content (AvgIpc) is 3.27. The molecule has 4 aromatic rings. The van der Waals surface area contributed by atoms with Crippen LogP contribution < -0.4 is 10.1 Å². The fourth-order valence-electron chi connectivity index (χ4n) is 4.51. The Morgan fingerprint density at radius 3 is 2.53 bits per heavy atom. The minimum atomic E-state index is -0.187. The Bertz CT molecular complexity index is 1320. The number of nitrogens with zero attached hydrogens (tertiary/aromatic N) is 4. The number of methoxy groups -OCH3 is 1. The van der Waals surface area contributed by atoms with Gasteiger partial charge in [-0.3, -0.25) is 19.4 Å². The van der Waals surface area contributed by atoms with E-state index >= 15 is 0 Å². The number of pyridine rings is 1. The van der Waals surface area contributed by atoms with Gasteiger partial charge in [0.15, 0.2) is 5.69 Å². The normalized spacial score (nSPS) is 13.2. The topological polar surface area (TPSA) is 92.5 Å². The van der Waals surface area contributed by atoms with Crippen LogP contribution in [0.3, 0.4) is 0 Å². The number of carbonyl (C=O) groups excluding carboxylic acids is 1. The molecule has 3 heterocycles. The van der Waals surface area contributed by atoms with Crippen molar-refractivity contribution in [3.05, 3.63) is 107 Å². The maximum Gasteiger partial charge on any atom is 0.272 e. The third kappa shape index (κ3) is 5.39. The molecule has 0 saturated heterocycles. The van der Waals surface area contributed by atoms with Gasteiger partial charge in [0.1, 0.15) is 11.5 Å². The maximum atomic E-state index is 13.3. The first kappa shape index (κ1) is 23.6. The highest BCUT2D eigenvalue weighted by Crippen LogP contribution is 2.25. The largest absolute Gasteiger partial charge is 0.508 e. The Morgan fingerprint density at radius 2 is 1.81 bits per heavy atom. The van der Waals surface area contributed by atoms with Crippen molar-refractivity contribution in [2.75, 3.05) is 13.7 Å². The Hall–Kier alpha value is -4.17. The van der Waals surface area contributed by atoms with Crippen molar-refractivity contribution in [3.8, 4) is 11.5 Å². The molecule has 0 unspecified atom stereocenters. The smallest absolute Gasteiger partial charge is 0.272 e. The lowest BCUT2D eigenvalue weighted by Crippen LogP contribution is -2.32. The molecule has 1 amide bonds. The monoisotopic (exact) mass is 483 g/mol. The second-order valence-electron chi connectivity index (χ2n) is 8.91. The van der Waals surface area contributed by atoms with Gasteiger partial charge < -0.3 is 15.2 Å². The number of hydrogen-bond donors (Lipinski definition) is 2. The molecule has 5 rings (SSSR count). The fourth-order valence-corrected chi connectivity index (χ4v) is 4.51. The van der Waals surface area contributed by atoms with E-state index in [1.54, 1.807) is 25.4 Å². The van der Waals surface area contributed by atoms with E-state index in [9.17, 15) is 9.90 Å². The Kier molecular flexibility index (Phi) is 6.95. The first-order chi connectivity index (χ1) is 17.6. The van der Waals surface area contributed by atoms with Crippen LogP contribution in [0.5, 0.6) is 11.5 Å². The van der Waals surface area contributed by atoms with E-state index in [0.29, 0.717) is 25.3 Å². The highest BCUT2D eigenvalue weighted by atomic mass is 16.5. The van der Waals surface area contributed by atoms with E-state index in [-0.39, 0.29) is 11.7 Å². The van der Waals surface area contributed by atoms with E-state index in [1.165, 1.54) is 0 Å². The predicted octanol–water partition coefficient (Wildman–Crippen LogP) is 3.53. The van der Waals surface area contributed by atoms with Gasteiger partial charge in [-0.1, -0.05) is 30.3 Å². The van der Waals surface area contributed by atoms with E-state index < -0.39 is 0 Å². The minimum Gasteiger partial charge on any atom is -0.508 e. The van der Waals surface area contributed by atoms with Crippen molar-refractivity contribution < 1.29 is 14.6 Å². The quantitative estimate of drug-likeness (QED) is 0.398. The summed E-state index contributed by atoms with van der Waals surface area (Å²) in [5.74, 6) is 0.848. The van der Waals surface area contributed by atoms with Crippen molar-refractivity contribution in [1.29, 1.82) is 0 Å². The number of aromatic nitrogens is 3. The minimum absolute atomic E-state index is 0.187. The first-order valence-corrected chi connectivity index (χ1v) is 12.0. The summed E-state index contributed by atoms with van der Waals surface area (Å²) in [6.07, 6.45) is 2.56. The van der Waals surface area contributed by atoms with Crippen molar-refractivity contribution in [2.24, 2.45) is 0 Å². The SMILES string of the molecule is COc1ccc(CNC(=O)c2nn(Cc3ccccn3)c3c2CN(Cc2ccc(O)cc2)CC3)cc1. The van der Waals surface area contributed by atoms with E-state index in [2.05, 4.69) is 15.2 Å². The van der Waals surface area contributed by atoms with Gasteiger partial charge in [0.05, 0.1) is 19.3 Å². The van der Waals surface area contributed by atoms with E-state index in [4.69, 9.17) is 9.84 Å². The molecular weight excluding hydrogens is 454 g/mol. The van der Waals surface area contributed by atoms with Crippen LogP contribution in [0.4, 0.5) is 0 Å². The predicted molar refractivity (Wildman–Crippen MR) is 136 cm³/mol. The van der Waals surface area contributed by atoms with Gasteiger partial charge in [-0.25, -0.2) is 0 Å². The maximum absolute atomic E-state index is 13.3. The van der Waals surface area contributed by atoms with Gasteiger partial charge >= 0.3 is 0 Å². The number of carbonyl (C=O) groups is 1. The number of ether oxygens (including phenoxy) is 1. The number of aromatic hydroxyl groups is 1. The third-order valence-electron chi connectivity index (χ3n) is 6.42. The highest BCUT2D eigenvalue weighted by molar-refractivity contribution is 5.94. The molecule has 0 spiro atoms. The lowest BCUT2D eigenvalue weighted by molar-refractivity contribution is 0.0942. The Balaban J connectivity index is 1.37. The zero-order chi connectivity index (χ0) is 24.9. The van der Waals surface area contributed by atoms with Crippen molar-refractivity contribution >= 4 is 5.91 Å². The van der Waals surface area contributed by atoms with Gasteiger partial charge in [-0.2, -0.15) is 5.10 Å². The zero-order valence-corrected chi connectivity index (χ0v) is 20.2. The van der Waals surface area contributed by atoms with Crippen LogP contribution in [0.1, 0.15) is 38.6 Å². The van der Waals surface area contributed by atoms with Crippen LogP contribution >= 0.6 is 0 Å². The fraction of sp³-hybridized carbons (Fsp3) is 0.250. The van der Waals surface area contributed by atoms with Crippen LogP contribution in [0.25, 0.3) is 0 Å². The number of benzene rings is 2. The molecule has 0 atom stereocenters. The molecule has 1 aliphatic rings. The summed E-state index contributed by atoms with van der Waals surface area (Å²) in [4.78, 5) is 20.1. The number of nitrogens with one attached hydrogen (secondary N) is 1. The van der Waals surface area contributed by atoms with E-state index in [1.807, 2.05) is 59.3 Å². The molecule has 0 saturated carbocycles. The van der Waals surface area contributed by atoms with Crippen LogP contribution in [0, 0.1) is 0 Å². The number of phenols is 1. The molecule has 0 radical (unpaired) electrons. The number of rotatable bonds is 8. The summed E-state index contributed by atoms with van der Waals surface area (Å²) in [5.41, 5.74) is 5.51. The molecule has 1 aliphatic heterocycles. The lowest BCUT2D eigenvalue weighted by Gasteiger charge is -2.27. The molecule has 0 fully saturated rings. The number of phenolic OH excluding ortho intramolecular Hbond substituents is 1. The molecule has 2 aromatic heterocycles. The second kappa shape index (κ2) is 10.6. The van der Waals surface area contributed by atoms with Crippen molar-refractivity contribution in [2.45, 2.75) is 32.6 Å². The lowest BCUT2D eigenvalue weighted by atomic mass is 10.0. The molecule has 184 valence electrons. The molecule has 8 heteroatoms. The summed E-state index contributed by atoms with van der Waals surface area (Å²) in [6, 6.07) is 20.7. The van der Waals surface area contributed by atoms with Gasteiger partial charge in [-0.05, 0) is 47.5 Å². The number of amides is 1. The Morgan fingerprint density at radius 1 is 1.03 bits per heavy atom. The van der Waals surface area contributed by atoms with Gasteiger partial charge in [0.25, 0.3) is 5.91 Å². The van der Waals surface area contributed by atoms with Gasteiger partial charge in [0.2, 0.25) is 0 Å². The van der Waals surface area contributed by atoms with Gasteiger partial charge in [0, 0.05) is 50.1 Å². The average molecular weight is 484 g/mol. The van der Waals surface area contributed by atoms with E-state index in [0.717, 1.165) is 53.3 Å². The summed E-state index contributed by atoms with van der Waals surface area (Å²) in [5, 5.41) is 17.4. The van der Waals surface area contributed by atoms with Crippen LogP contribution in [0.2, 0.25) is 0 Å². The highest BCUT2D eigenvalue weighted by Gasteiger charge is 2.28. The molecule has 0 bridgehead atoms. The molecule has 0 aliphatic carbocycles. The molecule has 2 N–H and O–H groups in total. The standard InChI is InChI=1S/C28H29N5O3/c1-36-24-11-7-20(8-12-24)16-30-28(35)27-25-19-32(17-21-5-9-23(34)10-6-21)15-13-26(25)33(31-27)18-22-4-2-3-14-29-22/h2-12,14,34H,13,15-19H2,1H3,(H,30,35). The summed E-state index contributed by atoms with van der Waals surface area (Å²) in [6.45, 7) is 3.14. The van der Waals surface area contributed by atoms with Crippen LogP contribution in [-0.2, 0) is 32.6 Å². The Labute approximate surface area is 210 Å². The summed E-state index contributed by atoms with van der Waals surface area (Å²) in [7, 11) is 1.63. The molecular formula is C28H29N5O3. The van der Waals surface area contributed by atoms with Crippen molar-refractivity contribution in [1.82, 2.24) is 25.0 Å². The number of hydrogen-bond acceptors (Lipinski definition) is 6.